The Hall–Kier alpha value is -2.16. The number of carbonyl (C=O) groups excluding carboxylic acids is 1. The molecule has 7 heteroatoms. The number of methoxy groups -OCH3 is 1. The Labute approximate surface area is 146 Å². The number of hydrazone groups is 1. The number of benzene rings is 2. The molecule has 0 aromatic heterocycles. The Morgan fingerprint density at radius 3 is 2.74 bits per heavy atom. The average Bonchev–Trinajstić information content (AvgIpc) is 2.53. The number of hydrogen-bond acceptors (Lipinski definition) is 4. The minimum Gasteiger partial charge on any atom is -0.504 e. The van der Waals surface area contributed by atoms with Crippen molar-refractivity contribution in [3.63, 3.8) is 0 Å². The first-order valence-electron chi connectivity index (χ1n) is 6.62. The number of phenolic OH excluding ortho intramolecular Hbond substituents is 1. The van der Waals surface area contributed by atoms with Crippen molar-refractivity contribution in [2.24, 2.45) is 5.10 Å². The number of aromatic hydroxyl groups is 1. The second kappa shape index (κ2) is 7.91. The van der Waals surface area contributed by atoms with Gasteiger partial charge in [-0.3, -0.25) is 4.79 Å². The van der Waals surface area contributed by atoms with Crippen LogP contribution >= 0.6 is 22.6 Å². The third-order valence-electron chi connectivity index (χ3n) is 2.95. The predicted molar refractivity (Wildman–Crippen MR) is 93.2 cm³/mol. The highest BCUT2D eigenvalue weighted by Gasteiger charge is 2.07. The molecule has 0 spiro atoms. The van der Waals surface area contributed by atoms with Crippen molar-refractivity contribution in [3.8, 4) is 11.5 Å². The summed E-state index contributed by atoms with van der Waals surface area (Å²) in [5.74, 6) is -0.266. The smallest absolute Gasteiger partial charge is 0.244 e. The zero-order valence-electron chi connectivity index (χ0n) is 12.2. The summed E-state index contributed by atoms with van der Waals surface area (Å²) in [7, 11) is 1.45. The topological polar surface area (TPSA) is 70.9 Å². The summed E-state index contributed by atoms with van der Waals surface area (Å²) in [6.45, 7) is 0. The van der Waals surface area contributed by atoms with E-state index in [4.69, 9.17) is 4.74 Å². The summed E-state index contributed by atoms with van der Waals surface area (Å²) < 4.78 is 18.4. The van der Waals surface area contributed by atoms with Gasteiger partial charge in [-0.05, 0) is 58.0 Å². The van der Waals surface area contributed by atoms with Crippen LogP contribution < -0.4 is 10.2 Å². The molecule has 0 aliphatic heterocycles. The van der Waals surface area contributed by atoms with Crippen molar-refractivity contribution < 1.29 is 19.0 Å². The first kappa shape index (κ1) is 17.2. The zero-order valence-corrected chi connectivity index (χ0v) is 14.4. The van der Waals surface area contributed by atoms with Gasteiger partial charge in [-0.25, -0.2) is 9.82 Å². The van der Waals surface area contributed by atoms with Gasteiger partial charge in [-0.1, -0.05) is 12.1 Å². The molecule has 0 atom stereocenters. The molecule has 0 aliphatic carbocycles. The Morgan fingerprint density at radius 2 is 2.09 bits per heavy atom. The van der Waals surface area contributed by atoms with Gasteiger partial charge < -0.3 is 9.84 Å². The van der Waals surface area contributed by atoms with Gasteiger partial charge in [0.1, 0.15) is 5.82 Å². The first-order valence-corrected chi connectivity index (χ1v) is 7.70. The lowest BCUT2D eigenvalue weighted by Gasteiger charge is -2.06. The summed E-state index contributed by atoms with van der Waals surface area (Å²) in [4.78, 5) is 11.7. The maximum Gasteiger partial charge on any atom is 0.244 e. The van der Waals surface area contributed by atoms with Crippen LogP contribution in [0.4, 0.5) is 4.39 Å². The van der Waals surface area contributed by atoms with E-state index in [9.17, 15) is 14.3 Å². The van der Waals surface area contributed by atoms with Gasteiger partial charge in [-0.2, -0.15) is 5.10 Å². The molecule has 0 fully saturated rings. The Kier molecular flexibility index (Phi) is 5.91. The lowest BCUT2D eigenvalue weighted by Crippen LogP contribution is -2.19. The minimum absolute atomic E-state index is 0.0607. The van der Waals surface area contributed by atoms with Gasteiger partial charge in [0, 0.05) is 0 Å². The molecule has 0 unspecified atom stereocenters. The van der Waals surface area contributed by atoms with E-state index in [1.807, 2.05) is 22.6 Å². The van der Waals surface area contributed by atoms with Crippen molar-refractivity contribution >= 4 is 34.7 Å². The number of rotatable bonds is 5. The summed E-state index contributed by atoms with van der Waals surface area (Å²) in [5, 5.41) is 13.6. The van der Waals surface area contributed by atoms with Gasteiger partial charge in [0.2, 0.25) is 5.91 Å². The molecule has 0 bridgehead atoms. The van der Waals surface area contributed by atoms with E-state index in [-0.39, 0.29) is 23.9 Å². The van der Waals surface area contributed by atoms with Crippen LogP contribution in [0.5, 0.6) is 11.5 Å². The lowest BCUT2D eigenvalue weighted by atomic mass is 10.1. The molecular formula is C16H14FIN2O3. The number of hydrogen-bond donors (Lipinski definition) is 2. The summed E-state index contributed by atoms with van der Waals surface area (Å²) in [6, 6.07) is 9.01. The molecule has 5 nitrogen and oxygen atoms in total. The fraction of sp³-hybridized carbons (Fsp3) is 0.125. The molecule has 2 aromatic rings. The van der Waals surface area contributed by atoms with Crippen LogP contribution in [0.3, 0.4) is 0 Å². The Balaban J connectivity index is 1.97. The van der Waals surface area contributed by atoms with Crippen molar-refractivity contribution in [2.75, 3.05) is 7.11 Å². The quantitative estimate of drug-likeness (QED) is 0.437. The highest BCUT2D eigenvalue weighted by molar-refractivity contribution is 14.1. The van der Waals surface area contributed by atoms with Crippen LogP contribution in [-0.2, 0) is 11.2 Å². The van der Waals surface area contributed by atoms with Gasteiger partial charge in [0.15, 0.2) is 11.5 Å². The van der Waals surface area contributed by atoms with Crippen molar-refractivity contribution in [1.82, 2.24) is 5.43 Å². The number of ether oxygens (including phenoxy) is 1. The van der Waals surface area contributed by atoms with Gasteiger partial charge in [0.05, 0.1) is 23.3 Å². The largest absolute Gasteiger partial charge is 0.504 e. The normalized spacial score (nSPS) is 10.7. The molecule has 120 valence electrons. The van der Waals surface area contributed by atoms with Crippen molar-refractivity contribution in [1.29, 1.82) is 0 Å². The molecule has 2 rings (SSSR count). The van der Waals surface area contributed by atoms with E-state index in [1.54, 1.807) is 24.3 Å². The second-order valence-electron chi connectivity index (χ2n) is 4.65. The van der Waals surface area contributed by atoms with Crippen LogP contribution in [0.1, 0.15) is 11.1 Å². The van der Waals surface area contributed by atoms with E-state index in [1.165, 1.54) is 25.5 Å². The van der Waals surface area contributed by atoms with E-state index in [2.05, 4.69) is 10.5 Å². The van der Waals surface area contributed by atoms with Crippen LogP contribution in [0.25, 0.3) is 0 Å². The molecule has 2 N–H and O–H groups in total. The molecule has 0 saturated heterocycles. The van der Waals surface area contributed by atoms with Gasteiger partial charge in [0.25, 0.3) is 0 Å². The lowest BCUT2D eigenvalue weighted by molar-refractivity contribution is -0.120. The highest BCUT2D eigenvalue weighted by Crippen LogP contribution is 2.31. The molecule has 23 heavy (non-hydrogen) atoms. The molecule has 0 heterocycles. The van der Waals surface area contributed by atoms with Crippen molar-refractivity contribution in [3.05, 3.63) is 56.9 Å². The van der Waals surface area contributed by atoms with Gasteiger partial charge >= 0.3 is 0 Å². The minimum atomic E-state index is -0.344. The highest BCUT2D eigenvalue weighted by atomic mass is 127. The van der Waals surface area contributed by atoms with Crippen LogP contribution in [0, 0.1) is 9.39 Å². The standard InChI is InChI=1S/C16H14FIN2O3/c1-23-14-7-11(6-13(18)16(14)22)9-19-20-15(21)8-10-2-4-12(17)5-3-10/h2-7,9,22H,8H2,1H3,(H,20,21)/b19-9+. The maximum absolute atomic E-state index is 12.8. The van der Waals surface area contributed by atoms with E-state index in [0.29, 0.717) is 20.4 Å². The Bertz CT molecular complexity index is 733. The van der Waals surface area contributed by atoms with E-state index in [0.717, 1.165) is 0 Å². The van der Waals surface area contributed by atoms with Crippen LogP contribution in [0.2, 0.25) is 0 Å². The Morgan fingerprint density at radius 1 is 1.39 bits per heavy atom. The zero-order chi connectivity index (χ0) is 16.8. The van der Waals surface area contributed by atoms with Crippen LogP contribution in [-0.4, -0.2) is 24.3 Å². The van der Waals surface area contributed by atoms with Crippen LogP contribution in [0.15, 0.2) is 41.5 Å². The first-order chi connectivity index (χ1) is 11.0. The SMILES string of the molecule is COc1cc(/C=N/NC(=O)Cc2ccc(F)cc2)cc(I)c1O. The number of carbonyl (C=O) groups is 1. The number of phenols is 1. The summed E-state index contributed by atoms with van der Waals surface area (Å²) >= 11 is 1.97. The molecule has 1 amide bonds. The third-order valence-corrected chi connectivity index (χ3v) is 3.77. The summed E-state index contributed by atoms with van der Waals surface area (Å²) in [6.07, 6.45) is 1.56. The van der Waals surface area contributed by atoms with Gasteiger partial charge in [-0.15, -0.1) is 0 Å². The monoisotopic (exact) mass is 428 g/mol. The third kappa shape index (κ3) is 4.92. The molecule has 2 aromatic carbocycles. The fourth-order valence-corrected chi connectivity index (χ4v) is 2.46. The molecule has 0 aliphatic rings. The van der Waals surface area contributed by atoms with E-state index < -0.39 is 0 Å². The fourth-order valence-electron chi connectivity index (χ4n) is 1.83. The average molecular weight is 428 g/mol. The van der Waals surface area contributed by atoms with E-state index >= 15 is 0 Å². The summed E-state index contributed by atoms with van der Waals surface area (Å²) in [5.41, 5.74) is 3.76. The predicted octanol–water partition coefficient (Wildman–Crippen LogP) is 2.84. The number of nitrogens with zero attached hydrogens (tertiary/aromatic N) is 1. The molecule has 0 saturated carbocycles. The molecular weight excluding hydrogens is 414 g/mol. The maximum atomic E-state index is 12.8. The number of nitrogens with one attached hydrogen (secondary N) is 1. The number of halogens is 2. The number of amides is 1. The second-order valence-corrected chi connectivity index (χ2v) is 5.81. The van der Waals surface area contributed by atoms with Crippen molar-refractivity contribution in [2.45, 2.75) is 6.42 Å². The molecule has 0 radical (unpaired) electrons.